The average Bonchev–Trinajstić information content (AvgIpc) is 3.13. The Morgan fingerprint density at radius 3 is 2.50 bits per heavy atom. The van der Waals surface area contributed by atoms with E-state index >= 15 is 0 Å². The number of halogens is 1. The highest BCUT2D eigenvalue weighted by Crippen LogP contribution is 2.21. The number of anilines is 1. The average molecular weight is 458 g/mol. The van der Waals surface area contributed by atoms with E-state index in [-0.39, 0.29) is 28.3 Å². The van der Waals surface area contributed by atoms with Gasteiger partial charge >= 0.3 is 5.13 Å². The van der Waals surface area contributed by atoms with Crippen molar-refractivity contribution in [3.8, 4) is 11.3 Å². The van der Waals surface area contributed by atoms with Crippen LogP contribution in [0.3, 0.4) is 0 Å². The summed E-state index contributed by atoms with van der Waals surface area (Å²) in [5.74, 6) is -0.468. The number of aryl methyl sites for hydroxylation is 1. The number of aliphatic hydroxyl groups excluding tert-OH is 1. The number of amides is 1. The van der Waals surface area contributed by atoms with Crippen LogP contribution in [0.1, 0.15) is 12.5 Å². The Balaban J connectivity index is 0.00000280. The van der Waals surface area contributed by atoms with Crippen molar-refractivity contribution in [2.75, 3.05) is 5.32 Å². The normalized spacial score (nSPS) is 11.6. The number of hydrogen-bond acceptors (Lipinski definition) is 4. The molecule has 0 spiro atoms. The molecule has 0 aliphatic rings. The molecule has 1 aromatic heterocycles. The van der Waals surface area contributed by atoms with Gasteiger partial charge < -0.3 is 27.4 Å². The first-order valence-electron chi connectivity index (χ1n) is 8.42. The number of carbonyl (C=O) groups is 1. The number of allylic oxidation sites excluding steroid dienone is 1. The fourth-order valence-electron chi connectivity index (χ4n) is 2.45. The first-order valence-corrected chi connectivity index (χ1v) is 9.30. The summed E-state index contributed by atoms with van der Waals surface area (Å²) in [4.78, 5) is 20.0. The number of nitrogens with zero attached hydrogens (tertiary/aromatic N) is 1. The third-order valence-electron chi connectivity index (χ3n) is 3.94. The molecule has 144 valence electrons. The molecular formula is C21H20BrN3O2S. The predicted octanol–water partition coefficient (Wildman–Crippen LogP) is 0.376. The van der Waals surface area contributed by atoms with Gasteiger partial charge in [0.15, 0.2) is 5.69 Å². The number of benzene rings is 2. The van der Waals surface area contributed by atoms with Crippen LogP contribution in [0.5, 0.6) is 0 Å². The van der Waals surface area contributed by atoms with E-state index in [2.05, 4.69) is 15.3 Å². The highest BCUT2D eigenvalue weighted by molar-refractivity contribution is 7.13. The van der Waals surface area contributed by atoms with Crippen LogP contribution >= 0.6 is 11.3 Å². The summed E-state index contributed by atoms with van der Waals surface area (Å²) in [7, 11) is 0. The van der Waals surface area contributed by atoms with Gasteiger partial charge in [0, 0.05) is 11.3 Å². The van der Waals surface area contributed by atoms with E-state index in [1.165, 1.54) is 24.5 Å². The van der Waals surface area contributed by atoms with Crippen molar-refractivity contribution in [2.24, 2.45) is 0 Å². The summed E-state index contributed by atoms with van der Waals surface area (Å²) < 4.78 is 0. The summed E-state index contributed by atoms with van der Waals surface area (Å²) in [6.45, 7) is 3.38. The zero-order valence-electron chi connectivity index (χ0n) is 15.4. The number of hydrogen-bond donors (Lipinski definition) is 3. The molecule has 0 atom stereocenters. The number of rotatable bonds is 5. The van der Waals surface area contributed by atoms with Crippen LogP contribution in [-0.4, -0.2) is 22.2 Å². The second-order valence-corrected chi connectivity index (χ2v) is 6.82. The molecule has 0 aliphatic heterocycles. The molecule has 5 nitrogen and oxygen atoms in total. The largest absolute Gasteiger partial charge is 1.00 e. The van der Waals surface area contributed by atoms with Gasteiger partial charge in [-0.15, -0.1) is 0 Å². The molecule has 0 aliphatic carbocycles. The molecular weight excluding hydrogens is 438 g/mol. The smallest absolute Gasteiger partial charge is 0.380 e. The highest BCUT2D eigenvalue weighted by Gasteiger charge is 2.16. The Hall–Kier alpha value is -2.77. The molecule has 0 saturated carbocycles. The standard InChI is InChI=1S/C21H19N3O2S.BrH/c1-14-8-6-7-11-18(14)23-20(26)17(15(2)25)12-22-21-24-19(13-27-21)16-9-4-3-5-10-16;/h3-13,25H,1-2H3,(H,23,26);1H/b17-15+,22-12+;. The number of nitrogens with one attached hydrogen (secondary N) is 2. The lowest BCUT2D eigenvalue weighted by Crippen LogP contribution is -3.00. The topological polar surface area (TPSA) is 76.2 Å². The van der Waals surface area contributed by atoms with E-state index in [9.17, 15) is 9.90 Å². The molecule has 7 heteroatoms. The van der Waals surface area contributed by atoms with Crippen LogP contribution in [-0.2, 0) is 4.79 Å². The van der Waals surface area contributed by atoms with E-state index in [4.69, 9.17) is 0 Å². The van der Waals surface area contributed by atoms with Gasteiger partial charge in [-0.1, -0.05) is 59.9 Å². The summed E-state index contributed by atoms with van der Waals surface area (Å²) >= 11 is 1.43. The van der Waals surface area contributed by atoms with Gasteiger partial charge in [-0.05, 0) is 30.5 Å². The first-order chi connectivity index (χ1) is 13.0. The van der Waals surface area contributed by atoms with Gasteiger partial charge in [0.25, 0.3) is 5.91 Å². The lowest BCUT2D eigenvalue weighted by atomic mass is 10.2. The predicted molar refractivity (Wildman–Crippen MR) is 109 cm³/mol. The Morgan fingerprint density at radius 2 is 1.82 bits per heavy atom. The van der Waals surface area contributed by atoms with Crippen LogP contribution in [0.15, 0.2) is 71.3 Å². The van der Waals surface area contributed by atoms with E-state index in [0.717, 1.165) is 16.8 Å². The van der Waals surface area contributed by atoms with Crippen LogP contribution in [0, 0.1) is 6.92 Å². The maximum atomic E-state index is 12.5. The summed E-state index contributed by atoms with van der Waals surface area (Å²) in [6, 6.07) is 17.3. The van der Waals surface area contributed by atoms with Crippen LogP contribution in [0.25, 0.3) is 11.3 Å². The number of aromatic nitrogens is 1. The van der Waals surface area contributed by atoms with Crippen LogP contribution < -0.4 is 27.3 Å². The fourth-order valence-corrected chi connectivity index (χ4v) is 3.14. The van der Waals surface area contributed by atoms with Crippen molar-refractivity contribution >= 4 is 34.3 Å². The van der Waals surface area contributed by atoms with E-state index < -0.39 is 5.91 Å². The summed E-state index contributed by atoms with van der Waals surface area (Å²) in [5, 5.41) is 15.3. The van der Waals surface area contributed by atoms with Gasteiger partial charge in [0.05, 0.1) is 5.38 Å². The van der Waals surface area contributed by atoms with Crippen LogP contribution in [0.2, 0.25) is 0 Å². The van der Waals surface area contributed by atoms with Gasteiger partial charge in [0.2, 0.25) is 0 Å². The number of thiazole rings is 1. The maximum Gasteiger partial charge on any atom is 0.380 e. The zero-order valence-corrected chi connectivity index (χ0v) is 17.8. The Bertz CT molecular complexity index is 1010. The van der Waals surface area contributed by atoms with Crippen molar-refractivity contribution in [3.05, 3.63) is 76.9 Å². The Kier molecular flexibility index (Phi) is 7.66. The highest BCUT2D eigenvalue weighted by atomic mass is 79.9. The number of para-hydroxylation sites is 1. The molecule has 2 aromatic carbocycles. The second kappa shape index (κ2) is 9.96. The third-order valence-corrected chi connectivity index (χ3v) is 4.71. The van der Waals surface area contributed by atoms with Gasteiger partial charge in [-0.25, -0.2) is 4.99 Å². The Morgan fingerprint density at radius 1 is 1.14 bits per heavy atom. The monoisotopic (exact) mass is 457 g/mol. The first kappa shape index (κ1) is 21.5. The summed E-state index contributed by atoms with van der Waals surface area (Å²) in [6.07, 6.45) is 1.47. The molecule has 0 bridgehead atoms. The number of carbonyl (C=O) groups excluding carboxylic acids is 1. The van der Waals surface area contributed by atoms with Gasteiger partial charge in [-0.3, -0.25) is 4.79 Å². The minimum absolute atomic E-state index is 0. The van der Waals surface area contributed by atoms with Crippen LogP contribution in [0.4, 0.5) is 10.8 Å². The van der Waals surface area contributed by atoms with E-state index in [1.54, 1.807) is 0 Å². The fraction of sp³-hybridized carbons (Fsp3) is 0.0952. The van der Waals surface area contributed by atoms with Crippen molar-refractivity contribution in [3.63, 3.8) is 0 Å². The van der Waals surface area contributed by atoms with Crippen molar-refractivity contribution in [1.29, 1.82) is 0 Å². The quantitative estimate of drug-likeness (QED) is 0.294. The molecule has 28 heavy (non-hydrogen) atoms. The minimum Gasteiger partial charge on any atom is -1.00 e. The van der Waals surface area contributed by atoms with Crippen molar-refractivity contribution in [2.45, 2.75) is 13.8 Å². The summed E-state index contributed by atoms with van der Waals surface area (Å²) in [5.41, 5.74) is 3.67. The van der Waals surface area contributed by atoms with Crippen molar-refractivity contribution in [1.82, 2.24) is 4.98 Å². The van der Waals surface area contributed by atoms with Crippen molar-refractivity contribution < 1.29 is 31.9 Å². The molecule has 1 heterocycles. The van der Waals surface area contributed by atoms with Gasteiger partial charge in [-0.2, -0.15) is 0 Å². The number of aliphatic hydroxyl groups is 1. The lowest BCUT2D eigenvalue weighted by molar-refractivity contribution is -0.346. The Labute approximate surface area is 178 Å². The zero-order chi connectivity index (χ0) is 19.2. The molecule has 0 radical (unpaired) electrons. The molecule has 0 fully saturated rings. The molecule has 3 rings (SSSR count). The third kappa shape index (κ3) is 5.37. The van der Waals surface area contributed by atoms with Gasteiger partial charge in [0.1, 0.15) is 17.5 Å². The molecule has 3 N–H and O–H groups in total. The minimum atomic E-state index is -0.392. The van der Waals surface area contributed by atoms with E-state index in [0.29, 0.717) is 10.8 Å². The molecule has 0 unspecified atom stereocenters. The SMILES string of the molecule is C/C(O)=C(/C=[NH+]/c1nc(-c2ccccc2)cs1)C(=O)Nc1ccccc1C.[Br-]. The second-order valence-electron chi connectivity index (χ2n) is 5.96. The molecule has 1 amide bonds. The lowest BCUT2D eigenvalue weighted by Gasteiger charge is -2.08. The maximum absolute atomic E-state index is 12.5. The van der Waals surface area contributed by atoms with E-state index in [1.807, 2.05) is 66.9 Å². The molecule has 3 aromatic rings. The molecule has 0 saturated heterocycles.